The lowest BCUT2D eigenvalue weighted by atomic mass is 10.2. The van der Waals surface area contributed by atoms with Crippen LogP contribution in [-0.2, 0) is 6.61 Å². The minimum Gasteiger partial charge on any atom is -0.488 e. The number of benzene rings is 2. The van der Waals surface area contributed by atoms with E-state index in [-0.39, 0.29) is 0 Å². The van der Waals surface area contributed by atoms with E-state index in [2.05, 4.69) is 15.9 Å². The predicted octanol–water partition coefficient (Wildman–Crippen LogP) is 3.66. The zero-order valence-corrected chi connectivity index (χ0v) is 12.0. The van der Waals surface area contributed by atoms with Crippen LogP contribution in [0.15, 0.2) is 53.0 Å². The molecule has 92 valence electrons. The van der Waals surface area contributed by atoms with Gasteiger partial charge in [0.25, 0.3) is 0 Å². The summed E-state index contributed by atoms with van der Waals surface area (Å²) in [6, 6.07) is 15.6. The van der Waals surface area contributed by atoms with Crippen molar-refractivity contribution in [3.63, 3.8) is 0 Å². The van der Waals surface area contributed by atoms with Crippen LogP contribution < -0.4 is 10.5 Å². The first-order valence-electron chi connectivity index (χ1n) is 5.43. The molecule has 0 atom stereocenters. The van der Waals surface area contributed by atoms with Gasteiger partial charge in [-0.15, -0.1) is 0 Å². The van der Waals surface area contributed by atoms with Gasteiger partial charge in [0, 0.05) is 4.47 Å². The molecule has 0 fully saturated rings. The van der Waals surface area contributed by atoms with Crippen molar-refractivity contribution in [3.8, 4) is 5.75 Å². The standard InChI is InChI=1S/C14H12BrNOS/c15-11-6-7-13(12(8-11)14(16)18)17-9-10-4-2-1-3-5-10/h1-8H,9H2,(H2,16,18). The highest BCUT2D eigenvalue weighted by Crippen LogP contribution is 2.24. The van der Waals surface area contributed by atoms with E-state index >= 15 is 0 Å². The van der Waals surface area contributed by atoms with E-state index in [1.165, 1.54) is 0 Å². The molecule has 0 spiro atoms. The Morgan fingerprint density at radius 1 is 1.17 bits per heavy atom. The van der Waals surface area contributed by atoms with E-state index in [1.807, 2.05) is 48.5 Å². The van der Waals surface area contributed by atoms with Crippen molar-refractivity contribution in [1.29, 1.82) is 0 Å². The quantitative estimate of drug-likeness (QED) is 0.873. The monoisotopic (exact) mass is 321 g/mol. The highest BCUT2D eigenvalue weighted by atomic mass is 79.9. The van der Waals surface area contributed by atoms with Gasteiger partial charge in [-0.3, -0.25) is 0 Å². The molecule has 2 aromatic carbocycles. The zero-order chi connectivity index (χ0) is 13.0. The van der Waals surface area contributed by atoms with Gasteiger partial charge in [0.05, 0.1) is 5.56 Å². The lowest BCUT2D eigenvalue weighted by molar-refractivity contribution is 0.305. The van der Waals surface area contributed by atoms with Crippen molar-refractivity contribution < 1.29 is 4.74 Å². The Labute approximate surface area is 120 Å². The van der Waals surface area contributed by atoms with Gasteiger partial charge in [-0.2, -0.15) is 0 Å². The Morgan fingerprint density at radius 3 is 2.56 bits per heavy atom. The van der Waals surface area contributed by atoms with Crippen LogP contribution >= 0.6 is 28.1 Å². The van der Waals surface area contributed by atoms with Crippen molar-refractivity contribution in [2.45, 2.75) is 6.61 Å². The number of ether oxygens (including phenoxy) is 1. The van der Waals surface area contributed by atoms with E-state index in [0.717, 1.165) is 15.6 Å². The molecule has 2 N–H and O–H groups in total. The van der Waals surface area contributed by atoms with E-state index in [4.69, 9.17) is 22.7 Å². The summed E-state index contributed by atoms with van der Waals surface area (Å²) in [5.74, 6) is 0.703. The maximum atomic E-state index is 5.75. The maximum absolute atomic E-state index is 5.75. The second-order valence-corrected chi connectivity index (χ2v) is 5.13. The molecule has 0 saturated carbocycles. The van der Waals surface area contributed by atoms with Gasteiger partial charge >= 0.3 is 0 Å². The zero-order valence-electron chi connectivity index (χ0n) is 9.60. The van der Waals surface area contributed by atoms with E-state index in [0.29, 0.717) is 17.3 Å². The number of rotatable bonds is 4. The van der Waals surface area contributed by atoms with Gasteiger partial charge in [0.15, 0.2) is 0 Å². The van der Waals surface area contributed by atoms with Crippen LogP contribution in [0.4, 0.5) is 0 Å². The molecule has 0 radical (unpaired) electrons. The Bertz CT molecular complexity index is 557. The van der Waals surface area contributed by atoms with Crippen molar-refractivity contribution in [2.24, 2.45) is 5.73 Å². The molecule has 0 saturated heterocycles. The first-order chi connectivity index (χ1) is 8.66. The molecule has 18 heavy (non-hydrogen) atoms. The molecule has 0 bridgehead atoms. The van der Waals surface area contributed by atoms with Gasteiger partial charge in [0.1, 0.15) is 17.3 Å². The van der Waals surface area contributed by atoms with E-state index < -0.39 is 0 Å². The summed E-state index contributed by atoms with van der Waals surface area (Å²) >= 11 is 8.41. The SMILES string of the molecule is NC(=S)c1cc(Br)ccc1OCc1ccccc1. The van der Waals surface area contributed by atoms with Crippen LogP contribution in [-0.4, -0.2) is 4.99 Å². The van der Waals surface area contributed by atoms with Crippen molar-refractivity contribution in [1.82, 2.24) is 0 Å². The van der Waals surface area contributed by atoms with Crippen LogP contribution in [0.5, 0.6) is 5.75 Å². The molecule has 0 aliphatic carbocycles. The Morgan fingerprint density at radius 2 is 1.89 bits per heavy atom. The summed E-state index contributed by atoms with van der Waals surface area (Å²) < 4.78 is 6.68. The van der Waals surface area contributed by atoms with Crippen LogP contribution in [0, 0.1) is 0 Å². The fraction of sp³-hybridized carbons (Fsp3) is 0.0714. The molecule has 4 heteroatoms. The molecular weight excluding hydrogens is 310 g/mol. The van der Waals surface area contributed by atoms with Crippen molar-refractivity contribution in [3.05, 3.63) is 64.1 Å². The largest absolute Gasteiger partial charge is 0.488 e. The molecule has 0 aromatic heterocycles. The summed E-state index contributed by atoms with van der Waals surface area (Å²) in [5, 5.41) is 0. The third kappa shape index (κ3) is 3.31. The summed E-state index contributed by atoms with van der Waals surface area (Å²) in [4.78, 5) is 0.333. The first-order valence-corrected chi connectivity index (χ1v) is 6.63. The Balaban J connectivity index is 2.17. The molecule has 2 rings (SSSR count). The van der Waals surface area contributed by atoms with Crippen LogP contribution in [0.25, 0.3) is 0 Å². The molecule has 0 aliphatic rings. The minimum absolute atomic E-state index is 0.333. The predicted molar refractivity (Wildman–Crippen MR) is 80.8 cm³/mol. The summed E-state index contributed by atoms with van der Waals surface area (Å²) in [5.41, 5.74) is 7.53. The highest BCUT2D eigenvalue weighted by Gasteiger charge is 2.07. The molecule has 0 heterocycles. The van der Waals surface area contributed by atoms with Gasteiger partial charge in [-0.1, -0.05) is 58.5 Å². The molecule has 0 amide bonds. The van der Waals surface area contributed by atoms with Gasteiger partial charge < -0.3 is 10.5 Å². The summed E-state index contributed by atoms with van der Waals surface area (Å²) in [6.07, 6.45) is 0. The first kappa shape index (κ1) is 13.1. The lowest BCUT2D eigenvalue weighted by Gasteiger charge is -2.11. The Kier molecular flexibility index (Phi) is 4.33. The average molecular weight is 322 g/mol. The topological polar surface area (TPSA) is 35.2 Å². The van der Waals surface area contributed by atoms with Crippen LogP contribution in [0.1, 0.15) is 11.1 Å². The summed E-state index contributed by atoms with van der Waals surface area (Å²) in [7, 11) is 0. The fourth-order valence-corrected chi connectivity index (χ4v) is 2.08. The normalized spacial score (nSPS) is 10.1. The molecule has 0 aliphatic heterocycles. The van der Waals surface area contributed by atoms with Gasteiger partial charge in [-0.25, -0.2) is 0 Å². The van der Waals surface area contributed by atoms with Crippen molar-refractivity contribution in [2.75, 3.05) is 0 Å². The Hall–Kier alpha value is -1.39. The molecular formula is C14H12BrNOS. The highest BCUT2D eigenvalue weighted by molar-refractivity contribution is 9.10. The second-order valence-electron chi connectivity index (χ2n) is 3.78. The number of hydrogen-bond donors (Lipinski definition) is 1. The van der Waals surface area contributed by atoms with E-state index in [9.17, 15) is 0 Å². The molecule has 2 aromatic rings. The van der Waals surface area contributed by atoms with Crippen molar-refractivity contribution >= 4 is 33.1 Å². The lowest BCUT2D eigenvalue weighted by Crippen LogP contribution is -2.11. The van der Waals surface area contributed by atoms with E-state index in [1.54, 1.807) is 0 Å². The average Bonchev–Trinajstić information content (AvgIpc) is 2.38. The number of thiocarbonyl (C=S) groups is 1. The molecule has 2 nitrogen and oxygen atoms in total. The summed E-state index contributed by atoms with van der Waals surface area (Å²) in [6.45, 7) is 0.498. The molecule has 0 unspecified atom stereocenters. The minimum atomic E-state index is 0.333. The van der Waals surface area contributed by atoms with Gasteiger partial charge in [0.2, 0.25) is 0 Å². The third-order valence-electron chi connectivity index (χ3n) is 2.44. The smallest absolute Gasteiger partial charge is 0.130 e. The number of nitrogens with two attached hydrogens (primary N) is 1. The number of halogens is 1. The second kappa shape index (κ2) is 5.98. The fourth-order valence-electron chi connectivity index (χ4n) is 1.56. The van der Waals surface area contributed by atoms with Gasteiger partial charge in [-0.05, 0) is 23.8 Å². The van der Waals surface area contributed by atoms with Crippen LogP contribution in [0.3, 0.4) is 0 Å². The van der Waals surface area contributed by atoms with Crippen LogP contribution in [0.2, 0.25) is 0 Å². The number of hydrogen-bond acceptors (Lipinski definition) is 2. The third-order valence-corrected chi connectivity index (χ3v) is 3.16. The maximum Gasteiger partial charge on any atom is 0.130 e.